The number of methoxy groups -OCH3 is 1. The van der Waals surface area contributed by atoms with E-state index in [-0.39, 0.29) is 11.9 Å². The maximum atomic E-state index is 12.5. The number of aromatic nitrogens is 1. The van der Waals surface area contributed by atoms with E-state index in [0.29, 0.717) is 18.1 Å². The van der Waals surface area contributed by atoms with Gasteiger partial charge in [0.05, 0.1) is 12.9 Å². The average Bonchev–Trinajstić information content (AvgIpc) is 3.17. The molecule has 5 heteroatoms. The van der Waals surface area contributed by atoms with Gasteiger partial charge in [0, 0.05) is 18.0 Å². The second kappa shape index (κ2) is 6.07. The summed E-state index contributed by atoms with van der Waals surface area (Å²) in [7, 11) is 1.59. The third-order valence-corrected chi connectivity index (χ3v) is 3.63. The van der Waals surface area contributed by atoms with Crippen LogP contribution >= 0.6 is 0 Å². The number of benzene rings is 1. The van der Waals surface area contributed by atoms with Gasteiger partial charge in [-0.05, 0) is 30.7 Å². The van der Waals surface area contributed by atoms with E-state index >= 15 is 0 Å². The number of amides is 1. The van der Waals surface area contributed by atoms with Gasteiger partial charge < -0.3 is 19.5 Å². The van der Waals surface area contributed by atoms with Crippen molar-refractivity contribution in [2.75, 3.05) is 13.7 Å². The Bertz CT molecular complexity index is 774. The highest BCUT2D eigenvalue weighted by Gasteiger charge is 2.19. The van der Waals surface area contributed by atoms with Crippen molar-refractivity contribution in [3.8, 4) is 0 Å². The van der Waals surface area contributed by atoms with E-state index in [9.17, 15) is 4.79 Å². The van der Waals surface area contributed by atoms with Crippen molar-refractivity contribution in [2.45, 2.75) is 13.0 Å². The standard InChI is InChI=1S/C17H18N2O3/c1-11-5-3-6-12-9-13(18-16(11)12)17(20)19-14(10-21-2)15-7-4-8-22-15/h3-9,14,18H,10H2,1-2H3,(H,19,20). The zero-order valence-corrected chi connectivity index (χ0v) is 12.6. The lowest BCUT2D eigenvalue weighted by Gasteiger charge is -2.15. The zero-order valence-electron chi connectivity index (χ0n) is 12.6. The van der Waals surface area contributed by atoms with Gasteiger partial charge in [-0.25, -0.2) is 0 Å². The molecule has 0 aliphatic heterocycles. The minimum absolute atomic E-state index is 0.186. The first kappa shape index (κ1) is 14.4. The van der Waals surface area contributed by atoms with Crippen molar-refractivity contribution in [1.82, 2.24) is 10.3 Å². The molecule has 0 spiro atoms. The molecule has 3 aromatic rings. The number of aromatic amines is 1. The highest BCUT2D eigenvalue weighted by atomic mass is 16.5. The Morgan fingerprint density at radius 2 is 2.23 bits per heavy atom. The van der Waals surface area contributed by atoms with Crippen molar-refractivity contribution < 1.29 is 13.9 Å². The van der Waals surface area contributed by atoms with Crippen LogP contribution in [0.4, 0.5) is 0 Å². The molecule has 0 aliphatic carbocycles. The molecule has 0 bridgehead atoms. The summed E-state index contributed by atoms with van der Waals surface area (Å²) in [6, 6.07) is 11.1. The van der Waals surface area contributed by atoms with Gasteiger partial charge in [-0.1, -0.05) is 18.2 Å². The summed E-state index contributed by atoms with van der Waals surface area (Å²) in [5.41, 5.74) is 2.61. The second-order valence-corrected chi connectivity index (χ2v) is 5.22. The Hall–Kier alpha value is -2.53. The number of hydrogen-bond donors (Lipinski definition) is 2. The largest absolute Gasteiger partial charge is 0.467 e. The Morgan fingerprint density at radius 3 is 2.91 bits per heavy atom. The average molecular weight is 298 g/mol. The van der Waals surface area contributed by atoms with Gasteiger partial charge in [0.2, 0.25) is 0 Å². The van der Waals surface area contributed by atoms with Crippen molar-refractivity contribution in [3.05, 3.63) is 59.7 Å². The number of aryl methyl sites for hydroxylation is 1. The molecule has 1 atom stereocenters. The van der Waals surface area contributed by atoms with E-state index in [1.165, 1.54) is 0 Å². The zero-order chi connectivity index (χ0) is 15.5. The fourth-order valence-electron chi connectivity index (χ4n) is 2.52. The summed E-state index contributed by atoms with van der Waals surface area (Å²) in [5.74, 6) is 0.483. The van der Waals surface area contributed by atoms with Crippen LogP contribution in [0.2, 0.25) is 0 Å². The number of carbonyl (C=O) groups excluding carboxylic acids is 1. The molecular formula is C17H18N2O3. The van der Waals surface area contributed by atoms with Crippen molar-refractivity contribution >= 4 is 16.8 Å². The molecular weight excluding hydrogens is 280 g/mol. The normalized spacial score (nSPS) is 12.5. The molecule has 0 fully saturated rings. The van der Waals surface area contributed by atoms with Gasteiger partial charge in [0.1, 0.15) is 17.5 Å². The first-order valence-corrected chi connectivity index (χ1v) is 7.10. The number of carbonyl (C=O) groups is 1. The lowest BCUT2D eigenvalue weighted by atomic mass is 10.2. The van der Waals surface area contributed by atoms with Crippen molar-refractivity contribution in [2.24, 2.45) is 0 Å². The number of H-pyrrole nitrogens is 1. The quantitative estimate of drug-likeness (QED) is 0.760. The second-order valence-electron chi connectivity index (χ2n) is 5.22. The van der Waals surface area contributed by atoms with E-state index in [4.69, 9.17) is 9.15 Å². The third kappa shape index (κ3) is 2.76. The van der Waals surface area contributed by atoms with Crippen molar-refractivity contribution in [1.29, 1.82) is 0 Å². The molecule has 2 heterocycles. The topological polar surface area (TPSA) is 67.3 Å². The Kier molecular flexibility index (Phi) is 3.98. The van der Waals surface area contributed by atoms with E-state index in [1.54, 1.807) is 19.4 Å². The summed E-state index contributed by atoms with van der Waals surface area (Å²) >= 11 is 0. The molecule has 1 unspecified atom stereocenters. The summed E-state index contributed by atoms with van der Waals surface area (Å²) in [6.45, 7) is 2.36. The summed E-state index contributed by atoms with van der Waals surface area (Å²) in [6.07, 6.45) is 1.58. The van der Waals surface area contributed by atoms with Crippen molar-refractivity contribution in [3.63, 3.8) is 0 Å². The van der Waals surface area contributed by atoms with Gasteiger partial charge in [-0.2, -0.15) is 0 Å². The maximum absolute atomic E-state index is 12.5. The molecule has 1 aromatic carbocycles. The summed E-state index contributed by atoms with van der Waals surface area (Å²) in [5, 5.41) is 3.95. The predicted octanol–water partition coefficient (Wildman–Crippen LogP) is 3.19. The molecule has 0 saturated heterocycles. The molecule has 0 radical (unpaired) electrons. The van der Waals surface area contributed by atoms with Crippen LogP contribution in [0.3, 0.4) is 0 Å². The fourth-order valence-corrected chi connectivity index (χ4v) is 2.52. The van der Waals surface area contributed by atoms with Crippen LogP contribution in [0.25, 0.3) is 10.9 Å². The molecule has 2 aromatic heterocycles. The number of hydrogen-bond acceptors (Lipinski definition) is 3. The van der Waals surface area contributed by atoms with Crippen LogP contribution in [0.15, 0.2) is 47.1 Å². The molecule has 22 heavy (non-hydrogen) atoms. The van der Waals surface area contributed by atoms with Gasteiger partial charge >= 0.3 is 0 Å². The van der Waals surface area contributed by atoms with Crippen LogP contribution in [0, 0.1) is 6.92 Å². The van der Waals surface area contributed by atoms with Gasteiger partial charge in [-0.3, -0.25) is 4.79 Å². The van der Waals surface area contributed by atoms with E-state index < -0.39 is 0 Å². The Morgan fingerprint density at radius 1 is 1.36 bits per heavy atom. The van der Waals surface area contributed by atoms with Gasteiger partial charge in [0.15, 0.2) is 0 Å². The van der Waals surface area contributed by atoms with Gasteiger partial charge in [-0.15, -0.1) is 0 Å². The first-order valence-electron chi connectivity index (χ1n) is 7.10. The van der Waals surface area contributed by atoms with Gasteiger partial charge in [0.25, 0.3) is 5.91 Å². The first-order chi connectivity index (χ1) is 10.7. The van der Waals surface area contributed by atoms with E-state index in [1.807, 2.05) is 37.3 Å². The Balaban J connectivity index is 1.84. The predicted molar refractivity (Wildman–Crippen MR) is 83.8 cm³/mol. The van der Waals surface area contributed by atoms with E-state index in [0.717, 1.165) is 16.5 Å². The SMILES string of the molecule is COCC(NC(=O)c1cc2cccc(C)c2[nH]1)c1ccco1. The van der Waals surface area contributed by atoms with Crippen LogP contribution in [0.1, 0.15) is 27.9 Å². The molecule has 114 valence electrons. The lowest BCUT2D eigenvalue weighted by Crippen LogP contribution is -2.31. The molecule has 1 amide bonds. The molecule has 3 rings (SSSR count). The molecule has 0 aliphatic rings. The highest BCUT2D eigenvalue weighted by molar-refractivity contribution is 5.98. The van der Waals surface area contributed by atoms with Crippen LogP contribution < -0.4 is 5.32 Å². The molecule has 5 nitrogen and oxygen atoms in total. The molecule has 0 saturated carbocycles. The lowest BCUT2D eigenvalue weighted by molar-refractivity contribution is 0.0879. The third-order valence-electron chi connectivity index (χ3n) is 3.63. The minimum atomic E-state index is -0.319. The smallest absolute Gasteiger partial charge is 0.268 e. The number of rotatable bonds is 5. The number of furan rings is 1. The monoisotopic (exact) mass is 298 g/mol. The van der Waals surface area contributed by atoms with E-state index in [2.05, 4.69) is 10.3 Å². The number of ether oxygens (including phenoxy) is 1. The minimum Gasteiger partial charge on any atom is -0.467 e. The summed E-state index contributed by atoms with van der Waals surface area (Å²) < 4.78 is 10.5. The number of nitrogens with one attached hydrogen (secondary N) is 2. The van der Waals surface area contributed by atoms with Crippen LogP contribution in [0.5, 0.6) is 0 Å². The molecule has 2 N–H and O–H groups in total. The van der Waals surface area contributed by atoms with Crippen LogP contribution in [-0.4, -0.2) is 24.6 Å². The number of para-hydroxylation sites is 1. The summed E-state index contributed by atoms with van der Waals surface area (Å²) in [4.78, 5) is 15.6. The van der Waals surface area contributed by atoms with Crippen LogP contribution in [-0.2, 0) is 4.74 Å². The fraction of sp³-hybridized carbons (Fsp3) is 0.235. The highest BCUT2D eigenvalue weighted by Crippen LogP contribution is 2.20. The maximum Gasteiger partial charge on any atom is 0.268 e. The number of fused-ring (bicyclic) bond motifs is 1. The Labute approximate surface area is 128 Å².